The summed E-state index contributed by atoms with van der Waals surface area (Å²) in [5, 5.41) is 2.50. The van der Waals surface area contributed by atoms with Gasteiger partial charge in [0.05, 0.1) is 13.2 Å². The van der Waals surface area contributed by atoms with Crippen molar-refractivity contribution < 1.29 is 19.1 Å². The fourth-order valence-electron chi connectivity index (χ4n) is 3.11. The van der Waals surface area contributed by atoms with E-state index in [1.54, 1.807) is 6.92 Å². The third-order valence-electron chi connectivity index (χ3n) is 4.98. The number of carbonyl (C=O) groups excluding carboxylic acids is 2. The highest BCUT2D eigenvalue weighted by molar-refractivity contribution is 5.80. The molecule has 0 radical (unpaired) electrons. The highest BCUT2D eigenvalue weighted by atomic mass is 16.6. The summed E-state index contributed by atoms with van der Waals surface area (Å²) in [5.41, 5.74) is 0. The van der Waals surface area contributed by atoms with Gasteiger partial charge in [0, 0.05) is 0 Å². The maximum absolute atomic E-state index is 11.9. The maximum atomic E-state index is 11.9. The number of hydrogen-bond donors (Lipinski definition) is 1. The van der Waals surface area contributed by atoms with E-state index in [4.69, 9.17) is 9.47 Å². The highest BCUT2D eigenvalue weighted by Gasteiger charge is 2.17. The van der Waals surface area contributed by atoms with E-state index in [0.29, 0.717) is 13.2 Å². The third-order valence-corrected chi connectivity index (χ3v) is 4.98. The van der Waals surface area contributed by atoms with E-state index >= 15 is 0 Å². The number of carbonyl (C=O) groups is 2. The molecule has 0 aliphatic carbocycles. The van der Waals surface area contributed by atoms with Crippen molar-refractivity contribution in [2.75, 3.05) is 13.2 Å². The van der Waals surface area contributed by atoms with Gasteiger partial charge in [-0.15, -0.1) is 0 Å². The van der Waals surface area contributed by atoms with E-state index in [9.17, 15) is 9.59 Å². The molecule has 1 unspecified atom stereocenters. The molecule has 0 bridgehead atoms. The minimum Gasteiger partial charge on any atom is -0.464 e. The molecule has 29 heavy (non-hydrogen) atoms. The predicted molar refractivity (Wildman–Crippen MR) is 120 cm³/mol. The quantitative estimate of drug-likeness (QED) is 0.187. The molecule has 0 rings (SSSR count). The van der Waals surface area contributed by atoms with Gasteiger partial charge >= 0.3 is 12.1 Å². The van der Waals surface area contributed by atoms with Crippen molar-refractivity contribution in [3.05, 3.63) is 0 Å². The van der Waals surface area contributed by atoms with Crippen LogP contribution in [0.3, 0.4) is 0 Å². The van der Waals surface area contributed by atoms with Crippen LogP contribution >= 0.6 is 0 Å². The second kappa shape index (κ2) is 20.0. The Bertz CT molecular complexity index is 398. The smallest absolute Gasteiger partial charge is 0.407 e. The largest absolute Gasteiger partial charge is 0.464 e. The first-order valence-electron chi connectivity index (χ1n) is 12.1. The standard InChI is InChI=1S/C24H47NO4/c1-5-6-7-8-9-10-11-12-13-14-15-16-17-18-19-28-23(26)22(4)25-24(27)29-20-21(2)3/h21-22H,5-20H2,1-4H3,(H,25,27). The molecule has 0 spiro atoms. The molecule has 5 nitrogen and oxygen atoms in total. The van der Waals surface area contributed by atoms with Crippen molar-refractivity contribution in [3.63, 3.8) is 0 Å². The van der Waals surface area contributed by atoms with Gasteiger partial charge in [-0.3, -0.25) is 0 Å². The summed E-state index contributed by atoms with van der Waals surface area (Å²) in [7, 11) is 0. The Morgan fingerprint density at radius 2 is 1.14 bits per heavy atom. The lowest BCUT2D eigenvalue weighted by molar-refractivity contribution is -0.145. The molecule has 0 saturated heterocycles. The van der Waals surface area contributed by atoms with Crippen LogP contribution in [0.25, 0.3) is 0 Å². The summed E-state index contributed by atoms with van der Waals surface area (Å²) in [6, 6.07) is -0.679. The highest BCUT2D eigenvalue weighted by Crippen LogP contribution is 2.13. The predicted octanol–water partition coefficient (Wildman–Crippen LogP) is 6.78. The van der Waals surface area contributed by atoms with Crippen LogP contribution in [0.4, 0.5) is 4.79 Å². The first-order chi connectivity index (χ1) is 14.0. The van der Waals surface area contributed by atoms with Gasteiger partial charge in [-0.2, -0.15) is 0 Å². The van der Waals surface area contributed by atoms with Crippen LogP contribution in [0.2, 0.25) is 0 Å². The molecule has 172 valence electrons. The Labute approximate surface area is 179 Å². The average Bonchev–Trinajstić information content (AvgIpc) is 2.69. The number of amides is 1. The molecule has 0 aromatic rings. The molecule has 0 aliphatic rings. The third kappa shape index (κ3) is 19.8. The first-order valence-corrected chi connectivity index (χ1v) is 12.1. The zero-order chi connectivity index (χ0) is 21.7. The lowest BCUT2D eigenvalue weighted by Crippen LogP contribution is -2.40. The molecule has 0 heterocycles. The molecule has 0 aromatic heterocycles. The minimum atomic E-state index is -0.679. The molecular formula is C24H47NO4. The Kier molecular flexibility index (Phi) is 19.2. The normalized spacial score (nSPS) is 12.0. The second-order valence-electron chi connectivity index (χ2n) is 8.62. The monoisotopic (exact) mass is 413 g/mol. The van der Waals surface area contributed by atoms with Gasteiger partial charge in [-0.25, -0.2) is 9.59 Å². The zero-order valence-electron chi connectivity index (χ0n) is 19.6. The molecule has 0 aromatic carbocycles. The number of ether oxygens (including phenoxy) is 2. The molecule has 5 heteroatoms. The van der Waals surface area contributed by atoms with Crippen LogP contribution in [0.5, 0.6) is 0 Å². The summed E-state index contributed by atoms with van der Waals surface area (Å²) < 4.78 is 10.2. The Morgan fingerprint density at radius 1 is 0.690 bits per heavy atom. The lowest BCUT2D eigenvalue weighted by atomic mass is 10.0. The van der Waals surface area contributed by atoms with Crippen molar-refractivity contribution in [2.24, 2.45) is 5.92 Å². The summed E-state index contributed by atoms with van der Waals surface area (Å²) in [5.74, 6) is -0.135. The molecule has 1 amide bonds. The SMILES string of the molecule is CCCCCCCCCCCCCCCCOC(=O)C(C)NC(=O)OCC(C)C. The van der Waals surface area contributed by atoms with Crippen LogP contribution in [0.15, 0.2) is 0 Å². The molecule has 0 saturated carbocycles. The van der Waals surface area contributed by atoms with Gasteiger partial charge < -0.3 is 14.8 Å². The average molecular weight is 414 g/mol. The second-order valence-corrected chi connectivity index (χ2v) is 8.62. The van der Waals surface area contributed by atoms with Crippen molar-refractivity contribution in [1.29, 1.82) is 0 Å². The Hall–Kier alpha value is -1.26. The fraction of sp³-hybridized carbons (Fsp3) is 0.917. The van der Waals surface area contributed by atoms with E-state index in [0.717, 1.165) is 12.8 Å². The first kappa shape index (κ1) is 27.7. The Morgan fingerprint density at radius 3 is 1.59 bits per heavy atom. The lowest BCUT2D eigenvalue weighted by Gasteiger charge is -2.14. The van der Waals surface area contributed by atoms with Crippen molar-refractivity contribution >= 4 is 12.1 Å². The number of rotatable bonds is 19. The fourth-order valence-corrected chi connectivity index (χ4v) is 3.11. The van der Waals surface area contributed by atoms with E-state index in [1.807, 2.05) is 13.8 Å². The number of unbranched alkanes of at least 4 members (excludes halogenated alkanes) is 13. The number of alkyl carbamates (subject to hydrolysis) is 1. The van der Waals surface area contributed by atoms with E-state index in [-0.39, 0.29) is 5.92 Å². The number of esters is 1. The van der Waals surface area contributed by atoms with Gasteiger partial charge in [-0.05, 0) is 19.3 Å². The van der Waals surface area contributed by atoms with Crippen LogP contribution in [-0.4, -0.2) is 31.3 Å². The molecule has 0 aliphatic heterocycles. The van der Waals surface area contributed by atoms with Gasteiger partial charge in [0.25, 0.3) is 0 Å². The van der Waals surface area contributed by atoms with E-state index in [1.165, 1.54) is 77.0 Å². The molecule has 1 atom stereocenters. The van der Waals surface area contributed by atoms with Crippen molar-refractivity contribution in [3.8, 4) is 0 Å². The number of nitrogens with one attached hydrogen (secondary N) is 1. The van der Waals surface area contributed by atoms with Gasteiger partial charge in [0.2, 0.25) is 0 Å². The van der Waals surface area contributed by atoms with E-state index in [2.05, 4.69) is 12.2 Å². The summed E-state index contributed by atoms with van der Waals surface area (Å²) in [6.07, 6.45) is 17.6. The van der Waals surface area contributed by atoms with E-state index < -0.39 is 18.1 Å². The van der Waals surface area contributed by atoms with Crippen LogP contribution in [0, 0.1) is 5.92 Å². The maximum Gasteiger partial charge on any atom is 0.407 e. The van der Waals surface area contributed by atoms with Crippen molar-refractivity contribution in [2.45, 2.75) is 124 Å². The van der Waals surface area contributed by atoms with Crippen LogP contribution < -0.4 is 5.32 Å². The summed E-state index contributed by atoms with van der Waals surface area (Å²) in [6.45, 7) is 8.56. The molecule has 0 fully saturated rings. The van der Waals surface area contributed by atoms with Crippen LogP contribution in [-0.2, 0) is 14.3 Å². The van der Waals surface area contributed by atoms with Gasteiger partial charge in [-0.1, -0.05) is 104 Å². The summed E-state index contributed by atoms with van der Waals surface area (Å²) in [4.78, 5) is 23.4. The van der Waals surface area contributed by atoms with Crippen LogP contribution in [0.1, 0.15) is 118 Å². The zero-order valence-corrected chi connectivity index (χ0v) is 19.6. The molecule has 1 N–H and O–H groups in total. The van der Waals surface area contributed by atoms with Gasteiger partial charge in [0.15, 0.2) is 0 Å². The Balaban J connectivity index is 3.38. The minimum absolute atomic E-state index is 0.267. The van der Waals surface area contributed by atoms with Crippen molar-refractivity contribution in [1.82, 2.24) is 5.32 Å². The molecular weight excluding hydrogens is 366 g/mol. The summed E-state index contributed by atoms with van der Waals surface area (Å²) >= 11 is 0. The topological polar surface area (TPSA) is 64.6 Å². The number of hydrogen-bond acceptors (Lipinski definition) is 4. The van der Waals surface area contributed by atoms with Gasteiger partial charge in [0.1, 0.15) is 6.04 Å².